The van der Waals surface area contributed by atoms with Crippen LogP contribution in [0.15, 0.2) is 48.5 Å². The van der Waals surface area contributed by atoms with E-state index in [-0.39, 0.29) is 12.5 Å². The van der Waals surface area contributed by atoms with Crippen LogP contribution in [0.3, 0.4) is 0 Å². The Morgan fingerprint density at radius 1 is 1.04 bits per heavy atom. The second kappa shape index (κ2) is 7.56. The van der Waals surface area contributed by atoms with Gasteiger partial charge in [0.05, 0.1) is 6.54 Å². The fourth-order valence-electron chi connectivity index (χ4n) is 2.22. The topological polar surface area (TPSA) is 75.4 Å². The van der Waals surface area contributed by atoms with E-state index in [9.17, 15) is 9.59 Å². The molecule has 0 saturated carbocycles. The molecule has 0 atom stereocenters. The predicted octanol–water partition coefficient (Wildman–Crippen LogP) is 2.16. The van der Waals surface area contributed by atoms with E-state index in [2.05, 4.69) is 29.6 Å². The van der Waals surface area contributed by atoms with Crippen LogP contribution in [0.4, 0.5) is 5.69 Å². The molecule has 3 N–H and O–H groups in total. The van der Waals surface area contributed by atoms with Gasteiger partial charge < -0.3 is 11.1 Å². The summed E-state index contributed by atoms with van der Waals surface area (Å²) in [6.45, 7) is 3.03. The van der Waals surface area contributed by atoms with Crippen LogP contribution < -0.4 is 11.1 Å². The van der Waals surface area contributed by atoms with E-state index in [4.69, 9.17) is 5.73 Å². The summed E-state index contributed by atoms with van der Waals surface area (Å²) in [6.07, 6.45) is 0. The zero-order chi connectivity index (χ0) is 16.8. The molecular formula is C18H21N3O2. The maximum absolute atomic E-state index is 12.0. The van der Waals surface area contributed by atoms with Crippen LogP contribution in [0.2, 0.25) is 0 Å². The molecule has 0 aliphatic heterocycles. The lowest BCUT2D eigenvalue weighted by atomic mass is 10.1. The molecule has 0 aliphatic rings. The number of primary amides is 1. The van der Waals surface area contributed by atoms with E-state index in [0.717, 1.165) is 5.56 Å². The van der Waals surface area contributed by atoms with Crippen molar-refractivity contribution in [3.05, 3.63) is 65.2 Å². The van der Waals surface area contributed by atoms with Gasteiger partial charge in [-0.2, -0.15) is 0 Å². The van der Waals surface area contributed by atoms with Crippen LogP contribution in [-0.2, 0) is 11.3 Å². The van der Waals surface area contributed by atoms with Crippen molar-refractivity contribution < 1.29 is 9.59 Å². The highest BCUT2D eigenvalue weighted by atomic mass is 16.2. The molecule has 5 heteroatoms. The molecule has 0 heterocycles. The number of aryl methyl sites for hydroxylation is 1. The molecule has 0 unspecified atom stereocenters. The van der Waals surface area contributed by atoms with Crippen molar-refractivity contribution in [3.63, 3.8) is 0 Å². The normalized spacial score (nSPS) is 10.6. The van der Waals surface area contributed by atoms with E-state index in [0.29, 0.717) is 17.8 Å². The molecule has 2 rings (SSSR count). The summed E-state index contributed by atoms with van der Waals surface area (Å²) in [7, 11) is 1.90. The number of hydrogen-bond acceptors (Lipinski definition) is 3. The maximum Gasteiger partial charge on any atom is 0.248 e. The average Bonchev–Trinajstić information content (AvgIpc) is 2.50. The Morgan fingerprint density at radius 2 is 1.65 bits per heavy atom. The summed E-state index contributed by atoms with van der Waals surface area (Å²) in [5.74, 6) is -0.591. The molecule has 0 fully saturated rings. The van der Waals surface area contributed by atoms with Crippen molar-refractivity contribution >= 4 is 17.5 Å². The van der Waals surface area contributed by atoms with Gasteiger partial charge in [-0.05, 0) is 43.8 Å². The number of hydrogen-bond donors (Lipinski definition) is 2. The van der Waals surface area contributed by atoms with E-state index >= 15 is 0 Å². The van der Waals surface area contributed by atoms with Gasteiger partial charge in [0.1, 0.15) is 0 Å². The smallest absolute Gasteiger partial charge is 0.248 e. The van der Waals surface area contributed by atoms with Crippen molar-refractivity contribution in [1.82, 2.24) is 4.90 Å². The van der Waals surface area contributed by atoms with Crippen molar-refractivity contribution in [2.75, 3.05) is 18.9 Å². The lowest BCUT2D eigenvalue weighted by Gasteiger charge is -2.16. The SMILES string of the molecule is Cc1ccc(CN(C)CC(=O)Nc2ccc(C(N)=O)cc2)cc1. The quantitative estimate of drug-likeness (QED) is 0.858. The largest absolute Gasteiger partial charge is 0.366 e. The summed E-state index contributed by atoms with van der Waals surface area (Å²) in [6, 6.07) is 14.8. The molecule has 120 valence electrons. The summed E-state index contributed by atoms with van der Waals surface area (Å²) in [4.78, 5) is 25.0. The van der Waals surface area contributed by atoms with Crippen molar-refractivity contribution in [3.8, 4) is 0 Å². The second-order valence-corrected chi connectivity index (χ2v) is 5.65. The number of nitrogens with one attached hydrogen (secondary N) is 1. The summed E-state index contributed by atoms with van der Waals surface area (Å²) < 4.78 is 0. The molecule has 0 spiro atoms. The number of carbonyl (C=O) groups is 2. The maximum atomic E-state index is 12.0. The Labute approximate surface area is 136 Å². The summed E-state index contributed by atoms with van der Waals surface area (Å²) in [5.41, 5.74) is 8.62. The predicted molar refractivity (Wildman–Crippen MR) is 91.1 cm³/mol. The first kappa shape index (κ1) is 16.7. The number of carbonyl (C=O) groups excluding carboxylic acids is 2. The highest BCUT2D eigenvalue weighted by Crippen LogP contribution is 2.10. The lowest BCUT2D eigenvalue weighted by Crippen LogP contribution is -2.29. The van der Waals surface area contributed by atoms with Gasteiger partial charge >= 0.3 is 0 Å². The number of nitrogens with two attached hydrogens (primary N) is 1. The van der Waals surface area contributed by atoms with Gasteiger partial charge in [0.2, 0.25) is 11.8 Å². The Bertz CT molecular complexity index is 678. The number of nitrogens with zero attached hydrogens (tertiary/aromatic N) is 1. The van der Waals surface area contributed by atoms with Crippen molar-refractivity contribution in [2.45, 2.75) is 13.5 Å². The molecule has 0 aromatic heterocycles. The van der Waals surface area contributed by atoms with E-state index in [1.807, 2.05) is 18.9 Å². The number of amides is 2. The number of likely N-dealkylation sites (N-methyl/N-ethyl adjacent to an activating group) is 1. The molecule has 0 aliphatic carbocycles. The standard InChI is InChI=1S/C18H21N3O2/c1-13-3-5-14(6-4-13)11-21(2)12-17(22)20-16-9-7-15(8-10-16)18(19)23/h3-10H,11-12H2,1-2H3,(H2,19,23)(H,20,22). The van der Waals surface area contributed by atoms with Gasteiger partial charge in [-0.1, -0.05) is 29.8 Å². The lowest BCUT2D eigenvalue weighted by molar-refractivity contribution is -0.117. The third-order valence-corrected chi connectivity index (χ3v) is 3.44. The number of anilines is 1. The molecule has 0 bridgehead atoms. The Kier molecular flexibility index (Phi) is 5.49. The van der Waals surface area contributed by atoms with Crippen LogP contribution in [0, 0.1) is 6.92 Å². The van der Waals surface area contributed by atoms with Gasteiger partial charge in [-0.15, -0.1) is 0 Å². The van der Waals surface area contributed by atoms with Gasteiger partial charge in [0, 0.05) is 17.8 Å². The fourth-order valence-corrected chi connectivity index (χ4v) is 2.22. The second-order valence-electron chi connectivity index (χ2n) is 5.65. The minimum absolute atomic E-state index is 0.105. The summed E-state index contributed by atoms with van der Waals surface area (Å²) in [5, 5.41) is 2.80. The van der Waals surface area contributed by atoms with Crippen LogP contribution in [0.5, 0.6) is 0 Å². The van der Waals surface area contributed by atoms with E-state index < -0.39 is 5.91 Å². The first-order valence-corrected chi connectivity index (χ1v) is 7.38. The zero-order valence-electron chi connectivity index (χ0n) is 13.4. The number of rotatable bonds is 6. The minimum atomic E-state index is -0.485. The Morgan fingerprint density at radius 3 is 2.22 bits per heavy atom. The molecule has 0 radical (unpaired) electrons. The molecule has 5 nitrogen and oxygen atoms in total. The van der Waals surface area contributed by atoms with Crippen LogP contribution >= 0.6 is 0 Å². The fraction of sp³-hybridized carbons (Fsp3) is 0.222. The average molecular weight is 311 g/mol. The number of benzene rings is 2. The van der Waals surface area contributed by atoms with Crippen LogP contribution in [0.25, 0.3) is 0 Å². The van der Waals surface area contributed by atoms with Crippen molar-refractivity contribution in [2.24, 2.45) is 5.73 Å². The molecular weight excluding hydrogens is 290 g/mol. The molecule has 0 saturated heterocycles. The monoisotopic (exact) mass is 311 g/mol. The third kappa shape index (κ3) is 5.23. The Balaban J connectivity index is 1.86. The highest BCUT2D eigenvalue weighted by molar-refractivity contribution is 5.95. The van der Waals surface area contributed by atoms with Gasteiger partial charge in [-0.3, -0.25) is 14.5 Å². The molecule has 2 aromatic rings. The minimum Gasteiger partial charge on any atom is -0.366 e. The van der Waals surface area contributed by atoms with Crippen LogP contribution in [-0.4, -0.2) is 30.3 Å². The first-order chi connectivity index (χ1) is 10.9. The van der Waals surface area contributed by atoms with Gasteiger partial charge in [0.25, 0.3) is 0 Å². The van der Waals surface area contributed by atoms with E-state index in [1.165, 1.54) is 5.56 Å². The molecule has 2 amide bonds. The summed E-state index contributed by atoms with van der Waals surface area (Å²) >= 11 is 0. The van der Waals surface area contributed by atoms with Crippen LogP contribution in [0.1, 0.15) is 21.5 Å². The van der Waals surface area contributed by atoms with Gasteiger partial charge in [-0.25, -0.2) is 0 Å². The first-order valence-electron chi connectivity index (χ1n) is 7.38. The van der Waals surface area contributed by atoms with E-state index in [1.54, 1.807) is 24.3 Å². The molecule has 23 heavy (non-hydrogen) atoms. The molecule has 2 aromatic carbocycles. The third-order valence-electron chi connectivity index (χ3n) is 3.44. The highest BCUT2D eigenvalue weighted by Gasteiger charge is 2.08. The Hall–Kier alpha value is -2.66. The van der Waals surface area contributed by atoms with Gasteiger partial charge in [0.15, 0.2) is 0 Å². The van der Waals surface area contributed by atoms with Crippen molar-refractivity contribution in [1.29, 1.82) is 0 Å². The zero-order valence-corrected chi connectivity index (χ0v) is 13.4.